The number of carbonyl (C=O) groups is 1. The zero-order valence-corrected chi connectivity index (χ0v) is 15.2. The fourth-order valence-electron chi connectivity index (χ4n) is 2.42. The molecule has 0 unspecified atom stereocenters. The molecule has 2 amide bonds. The van der Waals surface area contributed by atoms with Gasteiger partial charge in [0, 0.05) is 18.0 Å². The zero-order valence-electron chi connectivity index (χ0n) is 15.2. The number of urea groups is 1. The largest absolute Gasteiger partial charge is 0.493 e. The summed E-state index contributed by atoms with van der Waals surface area (Å²) in [6.45, 7) is 4.19. The summed E-state index contributed by atoms with van der Waals surface area (Å²) in [5.74, 6) is -0.331. The van der Waals surface area contributed by atoms with E-state index in [0.717, 1.165) is 11.6 Å². The number of nitrogens with one attached hydrogen (secondary N) is 2. The Hall–Kier alpha value is -2.83. The molecule has 2 N–H and O–H groups in total. The fraction of sp³-hybridized carbons (Fsp3) is 0.316. The quantitative estimate of drug-likeness (QED) is 0.812. The van der Waals surface area contributed by atoms with Crippen molar-refractivity contribution in [1.82, 2.24) is 5.32 Å². The van der Waals surface area contributed by atoms with Gasteiger partial charge in [0.1, 0.15) is 11.6 Å². The first-order valence-corrected chi connectivity index (χ1v) is 7.99. The predicted molar refractivity (Wildman–Crippen MR) is 96.0 cm³/mol. The Kier molecular flexibility index (Phi) is 6.02. The van der Waals surface area contributed by atoms with Gasteiger partial charge < -0.3 is 20.1 Å². The van der Waals surface area contributed by atoms with E-state index < -0.39 is 23.1 Å². The van der Waals surface area contributed by atoms with Crippen LogP contribution in [-0.4, -0.2) is 26.8 Å². The highest BCUT2D eigenvalue weighted by molar-refractivity contribution is 5.89. The van der Waals surface area contributed by atoms with Gasteiger partial charge in [0.15, 0.2) is 11.5 Å². The third kappa shape index (κ3) is 4.62. The molecule has 7 heteroatoms. The normalized spacial score (nSPS) is 11.0. The lowest BCUT2D eigenvalue weighted by atomic mass is 9.84. The molecule has 0 saturated heterocycles. The van der Waals surface area contributed by atoms with Crippen molar-refractivity contribution in [2.45, 2.75) is 19.3 Å². The van der Waals surface area contributed by atoms with Crippen LogP contribution >= 0.6 is 0 Å². The van der Waals surface area contributed by atoms with Crippen LogP contribution in [0.25, 0.3) is 0 Å². The number of hydrogen-bond donors (Lipinski definition) is 2. The van der Waals surface area contributed by atoms with Crippen molar-refractivity contribution >= 4 is 11.7 Å². The number of amides is 2. The van der Waals surface area contributed by atoms with E-state index in [1.165, 1.54) is 6.07 Å². The van der Waals surface area contributed by atoms with Crippen LogP contribution in [0.5, 0.6) is 11.5 Å². The molecule has 0 aliphatic heterocycles. The maximum atomic E-state index is 13.6. The second-order valence-electron chi connectivity index (χ2n) is 6.39. The second kappa shape index (κ2) is 8.03. The van der Waals surface area contributed by atoms with Crippen LogP contribution in [0.2, 0.25) is 0 Å². The maximum absolute atomic E-state index is 13.6. The molecule has 140 valence electrons. The number of ether oxygens (including phenoxy) is 2. The molecule has 2 rings (SSSR count). The Balaban J connectivity index is 2.04. The molecule has 0 aliphatic carbocycles. The Bertz CT molecular complexity index is 794. The van der Waals surface area contributed by atoms with Crippen molar-refractivity contribution in [3.63, 3.8) is 0 Å². The van der Waals surface area contributed by atoms with Gasteiger partial charge in [0.05, 0.1) is 19.9 Å². The Morgan fingerprint density at radius 1 is 1.04 bits per heavy atom. The number of rotatable bonds is 6. The van der Waals surface area contributed by atoms with Crippen molar-refractivity contribution in [3.05, 3.63) is 53.6 Å². The van der Waals surface area contributed by atoms with Gasteiger partial charge >= 0.3 is 6.03 Å². The van der Waals surface area contributed by atoms with E-state index in [1.54, 1.807) is 20.3 Å². The molecule has 0 heterocycles. The summed E-state index contributed by atoms with van der Waals surface area (Å²) in [7, 11) is 3.11. The minimum atomic E-state index is -0.834. The molecule has 0 bridgehead atoms. The SMILES string of the molecule is COc1ccc(C(C)(C)CNC(=O)Nc2ccc(F)cc2F)cc1OC. The summed E-state index contributed by atoms with van der Waals surface area (Å²) < 4.78 is 37.0. The Morgan fingerprint density at radius 2 is 1.73 bits per heavy atom. The molecule has 2 aromatic carbocycles. The molecule has 0 aromatic heterocycles. The van der Waals surface area contributed by atoms with Gasteiger partial charge in [-0.1, -0.05) is 19.9 Å². The van der Waals surface area contributed by atoms with E-state index in [1.807, 2.05) is 26.0 Å². The summed E-state index contributed by atoms with van der Waals surface area (Å²) in [6, 6.07) is 7.91. The summed E-state index contributed by atoms with van der Waals surface area (Å²) in [5, 5.41) is 5.06. The van der Waals surface area contributed by atoms with Crippen molar-refractivity contribution in [2.24, 2.45) is 0 Å². The second-order valence-corrected chi connectivity index (χ2v) is 6.39. The molecular weight excluding hydrogens is 342 g/mol. The topological polar surface area (TPSA) is 59.6 Å². The molecule has 0 saturated carbocycles. The van der Waals surface area contributed by atoms with E-state index in [2.05, 4.69) is 10.6 Å². The standard InChI is InChI=1S/C19H22F2N2O3/c1-19(2,12-5-8-16(25-3)17(9-12)26-4)11-22-18(24)23-15-7-6-13(20)10-14(15)21/h5-10H,11H2,1-4H3,(H2,22,23,24). The molecule has 0 radical (unpaired) electrons. The highest BCUT2D eigenvalue weighted by atomic mass is 19.1. The first kappa shape index (κ1) is 19.5. The summed E-state index contributed by atoms with van der Waals surface area (Å²) in [5.41, 5.74) is 0.425. The van der Waals surface area contributed by atoms with Crippen LogP contribution < -0.4 is 20.1 Å². The van der Waals surface area contributed by atoms with E-state index in [9.17, 15) is 13.6 Å². The third-order valence-corrected chi connectivity index (χ3v) is 4.04. The van der Waals surface area contributed by atoms with E-state index in [4.69, 9.17) is 9.47 Å². The average molecular weight is 364 g/mol. The maximum Gasteiger partial charge on any atom is 0.319 e. The van der Waals surface area contributed by atoms with Gasteiger partial charge in [-0.2, -0.15) is 0 Å². The Morgan fingerprint density at radius 3 is 2.35 bits per heavy atom. The molecule has 0 spiro atoms. The van der Waals surface area contributed by atoms with Crippen LogP contribution in [0.3, 0.4) is 0 Å². The molecule has 0 aliphatic rings. The number of methoxy groups -OCH3 is 2. The highest BCUT2D eigenvalue weighted by Gasteiger charge is 2.23. The van der Waals surface area contributed by atoms with Crippen molar-refractivity contribution in [3.8, 4) is 11.5 Å². The minimum Gasteiger partial charge on any atom is -0.493 e. The van der Waals surface area contributed by atoms with Crippen LogP contribution in [0.4, 0.5) is 19.3 Å². The predicted octanol–water partition coefficient (Wildman–Crippen LogP) is 4.08. The van der Waals surface area contributed by atoms with Gasteiger partial charge in [-0.3, -0.25) is 0 Å². The van der Waals surface area contributed by atoms with Gasteiger partial charge in [-0.15, -0.1) is 0 Å². The minimum absolute atomic E-state index is 0.0900. The average Bonchev–Trinajstić information content (AvgIpc) is 2.61. The molecular formula is C19H22F2N2O3. The lowest BCUT2D eigenvalue weighted by Crippen LogP contribution is -2.39. The van der Waals surface area contributed by atoms with E-state index in [-0.39, 0.29) is 12.2 Å². The molecule has 0 fully saturated rings. The molecule has 26 heavy (non-hydrogen) atoms. The van der Waals surface area contributed by atoms with Crippen molar-refractivity contribution in [2.75, 3.05) is 26.1 Å². The van der Waals surface area contributed by atoms with E-state index in [0.29, 0.717) is 17.6 Å². The summed E-state index contributed by atoms with van der Waals surface area (Å²) in [6.07, 6.45) is 0. The number of halogens is 2. The van der Waals surface area contributed by atoms with Crippen molar-refractivity contribution in [1.29, 1.82) is 0 Å². The first-order chi connectivity index (χ1) is 12.3. The van der Waals surface area contributed by atoms with Gasteiger partial charge in [-0.25, -0.2) is 13.6 Å². The van der Waals surface area contributed by atoms with Crippen LogP contribution in [-0.2, 0) is 5.41 Å². The van der Waals surface area contributed by atoms with Crippen molar-refractivity contribution < 1.29 is 23.0 Å². The van der Waals surface area contributed by atoms with Gasteiger partial charge in [-0.05, 0) is 29.8 Å². The number of carbonyl (C=O) groups excluding carboxylic acids is 1. The van der Waals surface area contributed by atoms with Gasteiger partial charge in [0.2, 0.25) is 0 Å². The smallest absolute Gasteiger partial charge is 0.319 e. The first-order valence-electron chi connectivity index (χ1n) is 7.99. The summed E-state index contributed by atoms with van der Waals surface area (Å²) in [4.78, 5) is 12.0. The molecule has 2 aromatic rings. The van der Waals surface area contributed by atoms with Crippen LogP contribution in [0.1, 0.15) is 19.4 Å². The highest BCUT2D eigenvalue weighted by Crippen LogP contribution is 2.32. The molecule has 0 atom stereocenters. The monoisotopic (exact) mass is 364 g/mol. The lowest BCUT2D eigenvalue weighted by Gasteiger charge is -2.26. The molecule has 5 nitrogen and oxygen atoms in total. The van der Waals surface area contributed by atoms with E-state index >= 15 is 0 Å². The number of anilines is 1. The lowest BCUT2D eigenvalue weighted by molar-refractivity contribution is 0.249. The Labute approximate surface area is 151 Å². The third-order valence-electron chi connectivity index (χ3n) is 4.04. The summed E-state index contributed by atoms with van der Waals surface area (Å²) >= 11 is 0. The zero-order chi connectivity index (χ0) is 19.3. The number of hydrogen-bond acceptors (Lipinski definition) is 3. The fourth-order valence-corrected chi connectivity index (χ4v) is 2.42. The van der Waals surface area contributed by atoms with Gasteiger partial charge in [0.25, 0.3) is 0 Å². The number of benzene rings is 2. The van der Waals surface area contributed by atoms with Crippen LogP contribution in [0, 0.1) is 11.6 Å². The van der Waals surface area contributed by atoms with Crippen LogP contribution in [0.15, 0.2) is 36.4 Å².